The molecule has 0 N–H and O–H groups in total. The highest BCUT2D eigenvalue weighted by Gasteiger charge is 2.42. The summed E-state index contributed by atoms with van der Waals surface area (Å²) in [5, 5.41) is 0. The summed E-state index contributed by atoms with van der Waals surface area (Å²) in [4.78, 5) is 2.61. The molecule has 0 saturated carbocycles. The van der Waals surface area contributed by atoms with E-state index in [0.29, 0.717) is 6.04 Å². The average Bonchev–Trinajstić information content (AvgIpc) is 2.84. The molecule has 2 heteroatoms. The normalized spacial score (nSPS) is 26.3. The van der Waals surface area contributed by atoms with Gasteiger partial charge in [0.2, 0.25) is 0 Å². The van der Waals surface area contributed by atoms with Crippen molar-refractivity contribution in [2.75, 3.05) is 13.6 Å². The lowest BCUT2D eigenvalue weighted by Crippen LogP contribution is -2.32. The predicted octanol–water partition coefficient (Wildman–Crippen LogP) is 4.62. The molecule has 0 spiro atoms. The van der Waals surface area contributed by atoms with Crippen LogP contribution in [0.15, 0.2) is 48.5 Å². The van der Waals surface area contributed by atoms with Crippen molar-refractivity contribution in [1.82, 2.24) is 4.90 Å². The van der Waals surface area contributed by atoms with Gasteiger partial charge in [0.15, 0.2) is 0 Å². The fraction of sp³-hybridized carbons (Fsp3) is 0.429. The van der Waals surface area contributed by atoms with Gasteiger partial charge in [-0.2, -0.15) is 0 Å². The highest BCUT2D eigenvalue weighted by atomic mass is 35.5. The van der Waals surface area contributed by atoms with Gasteiger partial charge < -0.3 is 4.90 Å². The lowest BCUT2D eigenvalue weighted by Gasteiger charge is -2.31. The summed E-state index contributed by atoms with van der Waals surface area (Å²) < 4.78 is 0. The minimum absolute atomic E-state index is 0. The molecule has 2 aliphatic rings. The van der Waals surface area contributed by atoms with E-state index in [1.54, 1.807) is 11.1 Å². The monoisotopic (exact) mass is 327 g/mol. The molecule has 1 unspecified atom stereocenters. The van der Waals surface area contributed by atoms with Crippen LogP contribution in [0.3, 0.4) is 0 Å². The zero-order valence-electron chi connectivity index (χ0n) is 14.0. The van der Waals surface area contributed by atoms with Gasteiger partial charge in [0.1, 0.15) is 0 Å². The van der Waals surface area contributed by atoms with Crippen molar-refractivity contribution in [2.24, 2.45) is 5.92 Å². The lowest BCUT2D eigenvalue weighted by atomic mass is 9.73. The van der Waals surface area contributed by atoms with Crippen LogP contribution in [0.5, 0.6) is 0 Å². The molecule has 122 valence electrons. The third-order valence-corrected chi connectivity index (χ3v) is 5.79. The number of fused-ring (bicyclic) bond motifs is 3. The second-order valence-electron chi connectivity index (χ2n) is 7.21. The SMILES string of the molecule is Cc1cccc(C[C@@H]2C3CCc4ccccc4[C@H]3CN2C)c1.Cl. The van der Waals surface area contributed by atoms with Gasteiger partial charge in [-0.05, 0) is 55.8 Å². The number of hydrogen-bond donors (Lipinski definition) is 0. The van der Waals surface area contributed by atoms with Gasteiger partial charge in [0, 0.05) is 18.5 Å². The molecule has 1 saturated heterocycles. The standard InChI is InChI=1S/C21H25N.ClH/c1-15-6-5-7-16(12-15)13-21-19-11-10-17-8-3-4-9-18(17)20(19)14-22(21)2;/h3-9,12,19-21H,10-11,13-14H2,1-2H3;1H/t19?,20-,21-;/m1./s1. The molecule has 1 heterocycles. The second kappa shape index (κ2) is 6.67. The van der Waals surface area contributed by atoms with Gasteiger partial charge >= 0.3 is 0 Å². The molecule has 1 aliphatic heterocycles. The molecular weight excluding hydrogens is 302 g/mol. The zero-order valence-corrected chi connectivity index (χ0v) is 14.9. The Kier molecular flexibility index (Phi) is 4.79. The van der Waals surface area contributed by atoms with Crippen molar-refractivity contribution in [1.29, 1.82) is 0 Å². The average molecular weight is 328 g/mol. The van der Waals surface area contributed by atoms with Crippen LogP contribution >= 0.6 is 12.4 Å². The number of likely N-dealkylation sites (N-methyl/N-ethyl adjacent to an activating group) is 1. The van der Waals surface area contributed by atoms with Crippen LogP contribution in [0.25, 0.3) is 0 Å². The quantitative estimate of drug-likeness (QED) is 0.778. The van der Waals surface area contributed by atoms with Crippen LogP contribution in [0.2, 0.25) is 0 Å². The molecule has 0 aromatic heterocycles. The van der Waals surface area contributed by atoms with Crippen molar-refractivity contribution >= 4 is 12.4 Å². The summed E-state index contributed by atoms with van der Waals surface area (Å²) in [6.45, 7) is 3.42. The highest BCUT2D eigenvalue weighted by molar-refractivity contribution is 5.85. The van der Waals surface area contributed by atoms with Crippen LogP contribution < -0.4 is 0 Å². The lowest BCUT2D eigenvalue weighted by molar-refractivity contribution is 0.259. The first-order chi connectivity index (χ1) is 10.7. The van der Waals surface area contributed by atoms with Crippen LogP contribution in [0.1, 0.15) is 34.6 Å². The Morgan fingerprint density at radius 2 is 1.91 bits per heavy atom. The number of rotatable bonds is 2. The number of hydrogen-bond acceptors (Lipinski definition) is 1. The number of aryl methyl sites for hydroxylation is 2. The number of likely N-dealkylation sites (tertiary alicyclic amines) is 1. The van der Waals surface area contributed by atoms with E-state index in [0.717, 1.165) is 11.8 Å². The van der Waals surface area contributed by atoms with E-state index in [4.69, 9.17) is 0 Å². The molecule has 1 fully saturated rings. The minimum atomic E-state index is 0. The Labute approximate surface area is 146 Å². The number of nitrogens with zero attached hydrogens (tertiary/aromatic N) is 1. The fourth-order valence-electron chi connectivity index (χ4n) is 4.73. The first kappa shape index (κ1) is 16.5. The second-order valence-corrected chi connectivity index (χ2v) is 7.21. The van der Waals surface area contributed by atoms with Crippen LogP contribution in [0, 0.1) is 12.8 Å². The molecule has 23 heavy (non-hydrogen) atoms. The van der Waals surface area contributed by atoms with E-state index in [1.165, 1.54) is 36.9 Å². The third kappa shape index (κ3) is 3.05. The first-order valence-electron chi connectivity index (χ1n) is 8.56. The highest BCUT2D eigenvalue weighted by Crippen LogP contribution is 2.45. The smallest absolute Gasteiger partial charge is 0.0167 e. The molecule has 2 aromatic carbocycles. The van der Waals surface area contributed by atoms with E-state index < -0.39 is 0 Å². The maximum atomic E-state index is 2.61. The summed E-state index contributed by atoms with van der Waals surface area (Å²) >= 11 is 0. The van der Waals surface area contributed by atoms with Crippen LogP contribution in [-0.2, 0) is 12.8 Å². The van der Waals surface area contributed by atoms with Gasteiger partial charge in [-0.15, -0.1) is 12.4 Å². The molecule has 1 aliphatic carbocycles. The minimum Gasteiger partial charge on any atom is -0.302 e. The Bertz CT molecular complexity index is 681. The van der Waals surface area contributed by atoms with Gasteiger partial charge in [0.05, 0.1) is 0 Å². The van der Waals surface area contributed by atoms with Crippen LogP contribution in [-0.4, -0.2) is 24.5 Å². The Hall–Kier alpha value is -1.31. The van der Waals surface area contributed by atoms with Crippen LogP contribution in [0.4, 0.5) is 0 Å². The summed E-state index contributed by atoms with van der Waals surface area (Å²) in [7, 11) is 2.32. The first-order valence-corrected chi connectivity index (χ1v) is 8.56. The van der Waals surface area contributed by atoms with E-state index in [9.17, 15) is 0 Å². The van der Waals surface area contributed by atoms with Crippen molar-refractivity contribution in [3.05, 3.63) is 70.8 Å². The Balaban J connectivity index is 0.00000156. The molecule has 0 amide bonds. The van der Waals surface area contributed by atoms with Gasteiger partial charge in [-0.1, -0.05) is 54.1 Å². The van der Waals surface area contributed by atoms with Gasteiger partial charge in [-0.3, -0.25) is 0 Å². The fourth-order valence-corrected chi connectivity index (χ4v) is 4.73. The number of benzene rings is 2. The molecule has 0 bridgehead atoms. The van der Waals surface area contributed by atoms with Gasteiger partial charge in [-0.25, -0.2) is 0 Å². The Morgan fingerprint density at radius 1 is 1.09 bits per heavy atom. The van der Waals surface area contributed by atoms with E-state index >= 15 is 0 Å². The van der Waals surface area contributed by atoms with E-state index in [-0.39, 0.29) is 12.4 Å². The van der Waals surface area contributed by atoms with Crippen molar-refractivity contribution in [2.45, 2.75) is 38.1 Å². The molecule has 0 radical (unpaired) electrons. The summed E-state index contributed by atoms with van der Waals surface area (Å²) in [6, 6.07) is 18.9. The predicted molar refractivity (Wildman–Crippen MR) is 99.5 cm³/mol. The van der Waals surface area contributed by atoms with Crippen molar-refractivity contribution < 1.29 is 0 Å². The molecule has 1 nitrogen and oxygen atoms in total. The summed E-state index contributed by atoms with van der Waals surface area (Å²) in [5.74, 6) is 1.56. The maximum absolute atomic E-state index is 2.61. The maximum Gasteiger partial charge on any atom is 0.0167 e. The van der Waals surface area contributed by atoms with Crippen molar-refractivity contribution in [3.63, 3.8) is 0 Å². The largest absolute Gasteiger partial charge is 0.302 e. The number of halogens is 1. The van der Waals surface area contributed by atoms with Crippen molar-refractivity contribution in [3.8, 4) is 0 Å². The summed E-state index contributed by atoms with van der Waals surface area (Å²) in [6.07, 6.45) is 3.81. The van der Waals surface area contributed by atoms with E-state index in [1.807, 2.05) is 0 Å². The Morgan fingerprint density at radius 3 is 2.74 bits per heavy atom. The summed E-state index contributed by atoms with van der Waals surface area (Å²) in [5.41, 5.74) is 6.09. The molecule has 3 atom stereocenters. The van der Waals surface area contributed by atoms with E-state index in [2.05, 4.69) is 67.4 Å². The third-order valence-electron chi connectivity index (χ3n) is 5.79. The molecule has 4 rings (SSSR count). The molecular formula is C21H26ClN. The molecule has 2 aromatic rings. The zero-order chi connectivity index (χ0) is 15.1. The topological polar surface area (TPSA) is 3.24 Å². The van der Waals surface area contributed by atoms with Gasteiger partial charge in [0.25, 0.3) is 0 Å².